The van der Waals surface area contributed by atoms with Crippen LogP contribution in [0.3, 0.4) is 0 Å². The molecular weight excluding hydrogens is 458 g/mol. The lowest BCUT2D eigenvalue weighted by molar-refractivity contribution is -0.136. The Morgan fingerprint density at radius 2 is 1.89 bits per heavy atom. The van der Waals surface area contributed by atoms with Crippen LogP contribution in [0.5, 0.6) is 5.75 Å². The molecule has 2 aliphatic heterocycles. The van der Waals surface area contributed by atoms with Crippen molar-refractivity contribution in [2.75, 3.05) is 56.2 Å². The van der Waals surface area contributed by atoms with Crippen LogP contribution in [0, 0.1) is 12.8 Å². The number of piperazine rings is 1. The Kier molecular flexibility index (Phi) is 7.18. The first-order valence-electron chi connectivity index (χ1n) is 12.4. The maximum absolute atomic E-state index is 13.4. The monoisotopic (exact) mass is 491 g/mol. The number of nitrogens with zero attached hydrogens (tertiary/aromatic N) is 5. The van der Waals surface area contributed by atoms with Crippen molar-refractivity contribution in [2.45, 2.75) is 26.2 Å². The highest BCUT2D eigenvalue weighted by molar-refractivity contribution is 7.09. The molecule has 1 aromatic heterocycles. The molecule has 0 aliphatic carbocycles. The number of methoxy groups -OCH3 is 1. The molecule has 0 spiro atoms. The zero-order valence-corrected chi connectivity index (χ0v) is 21.3. The minimum Gasteiger partial charge on any atom is -0.497 e. The normalized spacial score (nSPS) is 18.6. The first-order valence-corrected chi connectivity index (χ1v) is 13.2. The predicted octanol–water partition coefficient (Wildman–Crippen LogP) is 4.01. The lowest BCUT2D eigenvalue weighted by Gasteiger charge is -2.40. The van der Waals surface area contributed by atoms with E-state index in [-0.39, 0.29) is 5.92 Å². The van der Waals surface area contributed by atoms with Crippen LogP contribution in [0.15, 0.2) is 48.5 Å². The Hall–Kier alpha value is -3.13. The van der Waals surface area contributed by atoms with E-state index >= 15 is 0 Å². The summed E-state index contributed by atoms with van der Waals surface area (Å²) in [6.07, 6.45) is 2.63. The second-order valence-electron chi connectivity index (χ2n) is 9.41. The van der Waals surface area contributed by atoms with Gasteiger partial charge in [0.25, 0.3) is 0 Å². The number of rotatable bonds is 6. The van der Waals surface area contributed by atoms with Crippen molar-refractivity contribution < 1.29 is 9.53 Å². The van der Waals surface area contributed by atoms with Crippen molar-refractivity contribution in [3.8, 4) is 5.75 Å². The van der Waals surface area contributed by atoms with Crippen LogP contribution in [0.1, 0.15) is 29.8 Å². The first-order chi connectivity index (χ1) is 17.1. The third kappa shape index (κ3) is 5.42. The fourth-order valence-corrected chi connectivity index (χ4v) is 5.83. The summed E-state index contributed by atoms with van der Waals surface area (Å²) < 4.78 is 9.92. The Morgan fingerprint density at radius 3 is 2.69 bits per heavy atom. The molecule has 7 nitrogen and oxygen atoms in total. The van der Waals surface area contributed by atoms with Crippen molar-refractivity contribution in [1.29, 1.82) is 0 Å². The number of anilines is 2. The number of carbonyl (C=O) groups excluding carboxylic acids is 1. The molecule has 184 valence electrons. The van der Waals surface area contributed by atoms with Crippen LogP contribution in [-0.4, -0.2) is 66.5 Å². The molecule has 1 amide bonds. The molecule has 5 rings (SSSR count). The molecule has 2 aromatic carbocycles. The summed E-state index contributed by atoms with van der Waals surface area (Å²) in [7, 11) is 1.68. The van der Waals surface area contributed by atoms with E-state index in [1.54, 1.807) is 7.11 Å². The second-order valence-corrected chi connectivity index (χ2v) is 10.1. The number of piperidine rings is 1. The molecule has 8 heteroatoms. The van der Waals surface area contributed by atoms with Crippen LogP contribution in [0.2, 0.25) is 0 Å². The summed E-state index contributed by atoms with van der Waals surface area (Å²) in [4.78, 5) is 24.9. The summed E-state index contributed by atoms with van der Waals surface area (Å²) in [5.74, 6) is 1.98. The van der Waals surface area contributed by atoms with Crippen molar-refractivity contribution in [3.05, 3.63) is 65.5 Å². The molecule has 3 heterocycles. The zero-order valence-electron chi connectivity index (χ0n) is 20.5. The fourth-order valence-electron chi connectivity index (χ4n) is 5.11. The highest BCUT2D eigenvalue weighted by atomic mass is 32.1. The van der Waals surface area contributed by atoms with E-state index in [0.717, 1.165) is 74.4 Å². The van der Waals surface area contributed by atoms with Gasteiger partial charge in [-0.25, -0.2) is 4.98 Å². The standard InChI is InChI=1S/C27H33N5O2S/c1-20-7-3-4-11-24(20)30-13-15-31(16-14-30)26(33)22-9-6-12-32(19-22)27-28-25(29-35-27)18-21-8-5-10-23(17-21)34-2/h3-5,7-8,10-11,17,22H,6,9,12-16,18-19H2,1-2H3. The number of carbonyl (C=O) groups is 1. The number of aryl methyl sites for hydroxylation is 1. The molecule has 0 saturated carbocycles. The summed E-state index contributed by atoms with van der Waals surface area (Å²) in [5.41, 5.74) is 3.70. The maximum Gasteiger partial charge on any atom is 0.227 e. The molecule has 2 saturated heterocycles. The lowest BCUT2D eigenvalue weighted by atomic mass is 9.96. The molecule has 2 aliphatic rings. The average molecular weight is 492 g/mol. The predicted molar refractivity (Wildman–Crippen MR) is 141 cm³/mol. The topological polar surface area (TPSA) is 61.8 Å². The number of benzene rings is 2. The molecule has 1 atom stereocenters. The molecule has 35 heavy (non-hydrogen) atoms. The smallest absolute Gasteiger partial charge is 0.227 e. The van der Waals surface area contributed by atoms with Gasteiger partial charge in [0.05, 0.1) is 13.0 Å². The summed E-state index contributed by atoms with van der Waals surface area (Å²) in [5, 5.41) is 0.921. The highest BCUT2D eigenvalue weighted by Crippen LogP contribution is 2.28. The van der Waals surface area contributed by atoms with Gasteiger partial charge in [0.2, 0.25) is 11.0 Å². The number of hydrogen-bond acceptors (Lipinski definition) is 7. The van der Waals surface area contributed by atoms with E-state index < -0.39 is 0 Å². The van der Waals surface area contributed by atoms with E-state index in [9.17, 15) is 4.79 Å². The van der Waals surface area contributed by atoms with E-state index in [0.29, 0.717) is 12.3 Å². The molecule has 0 N–H and O–H groups in total. The SMILES string of the molecule is COc1cccc(Cc2nsc(N3CCCC(C(=O)N4CCN(c5ccccc5C)CC4)C3)n2)c1. The van der Waals surface area contributed by atoms with E-state index in [4.69, 9.17) is 9.72 Å². The van der Waals surface area contributed by atoms with Gasteiger partial charge in [0.15, 0.2) is 0 Å². The van der Waals surface area contributed by atoms with Gasteiger partial charge >= 0.3 is 0 Å². The van der Waals surface area contributed by atoms with Crippen molar-refractivity contribution in [2.24, 2.45) is 5.92 Å². The van der Waals surface area contributed by atoms with Crippen LogP contribution < -0.4 is 14.5 Å². The third-order valence-corrected chi connectivity index (χ3v) is 7.86. The number of aromatic nitrogens is 2. The minimum absolute atomic E-state index is 0.0273. The second kappa shape index (κ2) is 10.6. The largest absolute Gasteiger partial charge is 0.497 e. The zero-order chi connectivity index (χ0) is 24.2. The van der Waals surface area contributed by atoms with Crippen molar-refractivity contribution in [3.63, 3.8) is 0 Å². The van der Waals surface area contributed by atoms with E-state index in [1.807, 2.05) is 18.2 Å². The molecular formula is C27H33N5O2S. The number of para-hydroxylation sites is 1. The number of hydrogen-bond donors (Lipinski definition) is 0. The van der Waals surface area contributed by atoms with Gasteiger partial charge in [-0.05, 0) is 49.1 Å². The van der Waals surface area contributed by atoms with Gasteiger partial charge in [0, 0.05) is 62.9 Å². The third-order valence-electron chi connectivity index (χ3n) is 7.04. The van der Waals surface area contributed by atoms with Gasteiger partial charge in [0.1, 0.15) is 11.6 Å². The van der Waals surface area contributed by atoms with Gasteiger partial charge in [-0.2, -0.15) is 4.37 Å². The molecule has 3 aromatic rings. The molecule has 0 radical (unpaired) electrons. The summed E-state index contributed by atoms with van der Waals surface area (Å²) in [6, 6.07) is 16.5. The average Bonchev–Trinajstić information content (AvgIpc) is 3.37. The number of amides is 1. The molecule has 1 unspecified atom stereocenters. The molecule has 0 bridgehead atoms. The minimum atomic E-state index is 0.0273. The maximum atomic E-state index is 13.4. The Morgan fingerprint density at radius 1 is 1.06 bits per heavy atom. The van der Waals surface area contributed by atoms with Gasteiger partial charge in [-0.1, -0.05) is 30.3 Å². The van der Waals surface area contributed by atoms with E-state index in [1.165, 1.54) is 22.8 Å². The number of ether oxygens (including phenoxy) is 1. The fraction of sp³-hybridized carbons (Fsp3) is 0.444. The highest BCUT2D eigenvalue weighted by Gasteiger charge is 2.32. The lowest BCUT2D eigenvalue weighted by Crippen LogP contribution is -2.52. The van der Waals surface area contributed by atoms with Gasteiger partial charge in [-0.15, -0.1) is 0 Å². The van der Waals surface area contributed by atoms with Gasteiger partial charge < -0.3 is 19.4 Å². The quantitative estimate of drug-likeness (QED) is 0.519. The first kappa shape index (κ1) is 23.6. The van der Waals surface area contributed by atoms with Crippen LogP contribution in [-0.2, 0) is 11.2 Å². The van der Waals surface area contributed by atoms with Gasteiger partial charge in [-0.3, -0.25) is 4.79 Å². The Labute approximate surface area is 211 Å². The Balaban J connectivity index is 1.17. The molecule has 2 fully saturated rings. The van der Waals surface area contributed by atoms with Crippen LogP contribution >= 0.6 is 11.5 Å². The van der Waals surface area contributed by atoms with Crippen molar-refractivity contribution in [1.82, 2.24) is 14.3 Å². The Bertz CT molecular complexity index is 1160. The van der Waals surface area contributed by atoms with Crippen LogP contribution in [0.25, 0.3) is 0 Å². The summed E-state index contributed by atoms with van der Waals surface area (Å²) in [6.45, 7) is 7.15. The van der Waals surface area contributed by atoms with Crippen LogP contribution in [0.4, 0.5) is 10.8 Å². The van der Waals surface area contributed by atoms with E-state index in [2.05, 4.69) is 56.3 Å². The summed E-state index contributed by atoms with van der Waals surface area (Å²) >= 11 is 1.44. The van der Waals surface area contributed by atoms with Crippen molar-refractivity contribution >= 4 is 28.3 Å².